The predicted molar refractivity (Wildman–Crippen MR) is 441 cm³/mol. The van der Waals surface area contributed by atoms with Crippen molar-refractivity contribution in [2.24, 2.45) is 62.0 Å². The number of aliphatic hydroxyl groups is 2. The van der Waals surface area contributed by atoms with E-state index >= 15 is 9.59 Å². The molecule has 3 aromatic carbocycles. The molecule has 3 aromatic rings. The molecule has 121 heavy (non-hydrogen) atoms. The van der Waals surface area contributed by atoms with Crippen LogP contribution in [0, 0.1) is 29.1 Å². The molecule has 2 aliphatic carbocycles. The van der Waals surface area contributed by atoms with Crippen LogP contribution in [0.1, 0.15) is 207 Å². The van der Waals surface area contributed by atoms with Gasteiger partial charge in [-0.05, 0) is 120 Å². The Morgan fingerprint density at radius 1 is 0.752 bits per heavy atom. The number of likely N-dealkylation sites (tertiary alicyclic amines) is 2. The van der Waals surface area contributed by atoms with Gasteiger partial charge in [0.25, 0.3) is 0 Å². The number of Topliss-reactive ketones (excluding diaryl/α,β-unsaturated/α-hetero) is 3. The van der Waals surface area contributed by atoms with Crippen molar-refractivity contribution in [1.82, 2.24) is 31.1 Å². The number of phenolic OH excluding ortho intramolecular Hbond substituents is 3. The van der Waals surface area contributed by atoms with Gasteiger partial charge in [0.1, 0.15) is 47.8 Å². The van der Waals surface area contributed by atoms with Crippen LogP contribution in [0.4, 0.5) is 4.79 Å². The molecule has 37 nitrogen and oxygen atoms in total. The van der Waals surface area contributed by atoms with Crippen LogP contribution >= 0.6 is 21.6 Å². The molecule has 3 saturated heterocycles. The van der Waals surface area contributed by atoms with E-state index in [2.05, 4.69) is 36.1 Å². The predicted octanol–water partition coefficient (Wildman–Crippen LogP) is 3.80. The summed E-state index contributed by atoms with van der Waals surface area (Å²) in [6.07, 6.45) is -8.47. The molecule has 0 spiro atoms. The first kappa shape index (κ1) is 96.3. The summed E-state index contributed by atoms with van der Waals surface area (Å²) < 4.78 is 21.9. The fraction of sp³-hybridized carbons (Fsp3) is 0.598. The van der Waals surface area contributed by atoms with Gasteiger partial charge in [0.05, 0.1) is 66.1 Å². The van der Waals surface area contributed by atoms with Gasteiger partial charge in [-0.15, -0.1) is 0 Å². The summed E-state index contributed by atoms with van der Waals surface area (Å²) in [4.78, 5) is 198. The maximum atomic E-state index is 15.2. The van der Waals surface area contributed by atoms with Crippen LogP contribution in [0.5, 0.6) is 23.0 Å². The molecule has 664 valence electrons. The molecular formula is C82H114N12O25S2. The molecule has 39 heteroatoms. The van der Waals surface area contributed by atoms with Crippen LogP contribution < -0.4 is 48.9 Å². The van der Waals surface area contributed by atoms with Gasteiger partial charge in [-0.2, -0.15) is 5.26 Å². The molecule has 3 fully saturated rings. The van der Waals surface area contributed by atoms with Gasteiger partial charge >= 0.3 is 18.0 Å². The summed E-state index contributed by atoms with van der Waals surface area (Å²) in [7, 11) is 3.56. The zero-order valence-electron chi connectivity index (χ0n) is 69.6. The van der Waals surface area contributed by atoms with Gasteiger partial charge in [-0.3, -0.25) is 67.6 Å². The van der Waals surface area contributed by atoms with Crippen LogP contribution in [0.25, 0.3) is 0 Å². The number of nitrogens with one attached hydrogen (secondary N) is 4. The number of carboxylic acids is 1. The standard InChI is InChI=1S/C82H114N12O25S2/c1-40(2)32-46(75(109)110)36-56(99)69(80(5,6)7)92-71(105)45(33-43-22-24-47(96)25-23-43)35-55(98)52-19-14-28-93(52)73(107)44(16-12-26-87-77(83)84)34-54(97)50(18-13-27-88-78(85)86)90-72(106)53-20-15-29-94(53)74(108)70(89-42(4)95)81(8,9)121-120-31-30-116-79(112)91-51-37-59(117-41(3)64(51)100)118-58-39-82(113,76(111)119-114)38-49-61(58)68(104)63-62(66(49)102)65(101)48-17-11-21-57(115-10)60(48)67(63)103/h11,17,21-25,40-41,44-46,50-53,58-59,64,69-70,96,100,102,104,113-114H,12-16,18-20,26-39H2,1-10H3,(H,89,95)(H,90,106)(H,91,112)(H,92,105)(H,109,110)(H4,83,84,87)(H4,85,86,88)/t41-,44+,45+,46+,50-,51-,52-,53-,58-,59-,64+,69+,70+,82-/m0/s1. The minimum Gasteiger partial charge on any atom is -0.508 e. The van der Waals surface area contributed by atoms with Crippen molar-refractivity contribution >= 4 is 110 Å². The van der Waals surface area contributed by atoms with Crippen LogP contribution in [0.2, 0.25) is 0 Å². The van der Waals surface area contributed by atoms with Crippen molar-refractivity contribution in [3.05, 3.63) is 81.4 Å². The zero-order valence-corrected chi connectivity index (χ0v) is 71.2. The Balaban J connectivity index is 0.921. The highest BCUT2D eigenvalue weighted by molar-refractivity contribution is 8.77. The quantitative estimate of drug-likeness (QED) is 0.00573. The highest BCUT2D eigenvalue weighted by Crippen LogP contribution is 2.53. The van der Waals surface area contributed by atoms with E-state index in [0.717, 1.165) is 21.6 Å². The molecule has 14 atom stereocenters. The number of carbonyl (C=O) groups excluding carboxylic acids is 12. The second-order valence-electron chi connectivity index (χ2n) is 33.4. The van der Waals surface area contributed by atoms with E-state index in [1.165, 1.54) is 61.1 Å². The Kier molecular flexibility index (Phi) is 33.5. The lowest BCUT2D eigenvalue weighted by molar-refractivity contribution is -0.265. The van der Waals surface area contributed by atoms with Crippen molar-refractivity contribution in [2.75, 3.05) is 45.6 Å². The maximum Gasteiger partial charge on any atom is 0.407 e. The summed E-state index contributed by atoms with van der Waals surface area (Å²) in [6.45, 7) is 14.8. The molecule has 0 saturated carbocycles. The molecule has 8 rings (SSSR count). The van der Waals surface area contributed by atoms with E-state index < -0.39 is 225 Å². The largest absolute Gasteiger partial charge is 0.508 e. The number of carboxylic acid groups (broad SMARTS) is 1. The average Bonchev–Trinajstić information content (AvgIpc) is 0.994. The fourth-order valence-electron chi connectivity index (χ4n) is 16.3. The number of amides is 6. The van der Waals surface area contributed by atoms with Crippen molar-refractivity contribution in [1.29, 1.82) is 0 Å². The summed E-state index contributed by atoms with van der Waals surface area (Å²) >= 11 is 0. The zero-order chi connectivity index (χ0) is 89.4. The van der Waals surface area contributed by atoms with E-state index in [9.17, 15) is 88.6 Å². The smallest absolute Gasteiger partial charge is 0.407 e. The number of ketones is 5. The number of methoxy groups -OCH3 is 1. The Labute approximate surface area is 708 Å². The number of aliphatic hydroxyl groups excluding tert-OH is 1. The summed E-state index contributed by atoms with van der Waals surface area (Å²) in [6, 6.07) is 2.94. The number of guanidine groups is 2. The minimum absolute atomic E-state index is 0.0178. The first-order valence-electron chi connectivity index (χ1n) is 40.3. The normalized spacial score (nSPS) is 21.6. The Hall–Kier alpha value is -10.2. The lowest BCUT2D eigenvalue weighted by atomic mass is 9.73. The van der Waals surface area contributed by atoms with Crippen LogP contribution in [0.15, 0.2) is 52.4 Å². The SMILES string of the molecule is COc1cccc2c1C(=O)c1c(O)c3c(c(O)c1C2=O)C[C@@](O)(C(=O)OO)C[C@@H]3O[C@H]1C[C@H](NC(=O)OCCSSC(C)(C)[C@H](NC(C)=O)C(=O)N2CCC[C@H]2C(=O)N[C@@H](CCCN=C(N)N)C(=O)C[C@@H](CCCN=C(N)N)C(=O)N2CCC[C@H]2C(=O)C[C@@H](Cc2ccc(O)cc2)C(=O)N[C@H](C(=O)C[C@@H](CC(C)C)C(=O)O)C(C)(C)C)[C@H](O)[C@H](C)O1. The molecular weight excluding hydrogens is 1620 g/mol. The number of carbonyl (C=O) groups is 13. The number of alkyl carbamates (subject to hydrolysis) is 1. The lowest BCUT2D eigenvalue weighted by Gasteiger charge is -2.42. The second kappa shape index (κ2) is 42.1. The number of fused-ring (bicyclic) bond motifs is 3. The van der Waals surface area contributed by atoms with E-state index in [-0.39, 0.29) is 149 Å². The van der Waals surface area contributed by atoms with E-state index in [1.807, 2.05) is 13.8 Å². The number of rotatable bonds is 40. The molecule has 5 aliphatic rings. The third-order valence-electron chi connectivity index (χ3n) is 22.3. The number of hydrogen-bond donors (Lipinski definition) is 15. The topological polar surface area (TPSA) is 593 Å². The summed E-state index contributed by atoms with van der Waals surface area (Å²) in [5.74, 6) is -14.9. The third kappa shape index (κ3) is 24.4. The number of ether oxygens (including phenoxy) is 4. The molecule has 0 radical (unpaired) electrons. The van der Waals surface area contributed by atoms with Crippen LogP contribution in [0.3, 0.4) is 0 Å². The molecule has 3 aliphatic heterocycles. The van der Waals surface area contributed by atoms with Gasteiger partial charge in [0, 0.05) is 111 Å². The number of hydrogen-bond acceptors (Lipinski definition) is 28. The number of aliphatic carboxylic acids is 1. The first-order chi connectivity index (χ1) is 56.9. The highest BCUT2D eigenvalue weighted by Gasteiger charge is 2.53. The molecule has 0 unspecified atom stereocenters. The average molecular weight is 1730 g/mol. The van der Waals surface area contributed by atoms with Gasteiger partial charge in [0.2, 0.25) is 35.3 Å². The Bertz CT molecular complexity index is 4420. The van der Waals surface area contributed by atoms with E-state index in [4.69, 9.17) is 41.9 Å². The van der Waals surface area contributed by atoms with Gasteiger partial charge < -0.3 is 104 Å². The number of aliphatic imine (C=N–C) groups is 2. The second-order valence-corrected chi connectivity index (χ2v) is 36.5. The molecule has 3 heterocycles. The number of phenols is 3. The molecule has 0 bridgehead atoms. The Morgan fingerprint density at radius 3 is 1.98 bits per heavy atom. The lowest BCUT2D eigenvalue weighted by Crippen LogP contribution is -2.60. The number of nitrogens with zero attached hydrogens (tertiary/aromatic N) is 4. The molecule has 6 amide bonds. The number of benzene rings is 3. The summed E-state index contributed by atoms with van der Waals surface area (Å²) in [5, 5.41) is 87.4. The number of aromatic hydroxyl groups is 3. The van der Waals surface area contributed by atoms with E-state index in [0.29, 0.717) is 18.4 Å². The molecule has 0 aromatic heterocycles. The van der Waals surface area contributed by atoms with Gasteiger partial charge in [0.15, 0.2) is 46.9 Å². The minimum atomic E-state index is -2.68. The van der Waals surface area contributed by atoms with Gasteiger partial charge in [-0.25, -0.2) is 9.59 Å². The number of nitrogens with two attached hydrogens (primary N) is 4. The highest BCUT2D eigenvalue weighted by atomic mass is 33.1. The van der Waals surface area contributed by atoms with Gasteiger partial charge in [-0.1, -0.05) is 80.5 Å². The van der Waals surface area contributed by atoms with Crippen molar-refractivity contribution in [3.8, 4) is 23.0 Å². The maximum absolute atomic E-state index is 15.2. The van der Waals surface area contributed by atoms with E-state index in [1.54, 1.807) is 46.8 Å². The third-order valence-corrected chi connectivity index (χ3v) is 25.5. The van der Waals surface area contributed by atoms with Crippen molar-refractivity contribution < 1.29 is 122 Å². The van der Waals surface area contributed by atoms with Crippen LogP contribution in [-0.2, 0) is 79.9 Å². The monoisotopic (exact) mass is 1730 g/mol. The van der Waals surface area contributed by atoms with Crippen molar-refractivity contribution in [2.45, 2.75) is 236 Å². The molecule has 19 N–H and O–H groups in total. The first-order valence-corrected chi connectivity index (χ1v) is 42.6. The summed E-state index contributed by atoms with van der Waals surface area (Å²) in [5.41, 5.74) is 17.2. The van der Waals surface area contributed by atoms with Crippen LogP contribution in [-0.4, -0.2) is 245 Å². The Morgan fingerprint density at radius 2 is 1.37 bits per heavy atom. The van der Waals surface area contributed by atoms with Crippen molar-refractivity contribution in [3.63, 3.8) is 0 Å². The fourth-order valence-corrected chi connectivity index (χ4v) is 18.7.